The highest BCUT2D eigenvalue weighted by molar-refractivity contribution is 5.72. The molecule has 1 heterocycles. The van der Waals surface area contributed by atoms with E-state index in [0.717, 1.165) is 29.9 Å². The fourth-order valence-electron chi connectivity index (χ4n) is 2.50. The molecule has 0 saturated carbocycles. The summed E-state index contributed by atoms with van der Waals surface area (Å²) in [6, 6.07) is 15.3. The summed E-state index contributed by atoms with van der Waals surface area (Å²) in [5.41, 5.74) is 2.09. The standard InChI is InChI=1S/C19H20O5/c1-13(19(20)21)23-16-6-2-14(3-7-16)15-4-8-17(9-5-15)24-18-10-11-22-12-18/h2-9,13,18H,10-12H2,1H3,(H,20,21)/t13-,18?/m0/s1. The van der Waals surface area contributed by atoms with Crippen LogP contribution in [0.1, 0.15) is 13.3 Å². The lowest BCUT2D eigenvalue weighted by Gasteiger charge is -2.13. The second kappa shape index (κ2) is 7.36. The van der Waals surface area contributed by atoms with E-state index < -0.39 is 12.1 Å². The topological polar surface area (TPSA) is 65.0 Å². The molecule has 0 aliphatic carbocycles. The summed E-state index contributed by atoms with van der Waals surface area (Å²) >= 11 is 0. The molecule has 5 heteroatoms. The van der Waals surface area contributed by atoms with Crippen LogP contribution in [0.5, 0.6) is 11.5 Å². The van der Waals surface area contributed by atoms with E-state index in [1.54, 1.807) is 12.1 Å². The van der Waals surface area contributed by atoms with Gasteiger partial charge in [0.15, 0.2) is 6.10 Å². The Bertz CT molecular complexity index is 672. The molecule has 0 aromatic heterocycles. The van der Waals surface area contributed by atoms with Crippen LogP contribution in [0.3, 0.4) is 0 Å². The second-order valence-corrected chi connectivity index (χ2v) is 5.75. The van der Waals surface area contributed by atoms with Gasteiger partial charge in [0.25, 0.3) is 0 Å². The Hall–Kier alpha value is -2.53. The number of rotatable bonds is 6. The lowest BCUT2D eigenvalue weighted by molar-refractivity contribution is -0.144. The van der Waals surface area contributed by atoms with Crippen LogP contribution in [0.15, 0.2) is 48.5 Å². The maximum Gasteiger partial charge on any atom is 0.344 e. The molecule has 2 atom stereocenters. The highest BCUT2D eigenvalue weighted by Gasteiger charge is 2.17. The molecule has 0 spiro atoms. The molecule has 0 bridgehead atoms. The van der Waals surface area contributed by atoms with Crippen LogP contribution >= 0.6 is 0 Å². The van der Waals surface area contributed by atoms with Crippen LogP contribution in [-0.2, 0) is 9.53 Å². The van der Waals surface area contributed by atoms with Crippen molar-refractivity contribution in [2.24, 2.45) is 0 Å². The zero-order chi connectivity index (χ0) is 16.9. The van der Waals surface area contributed by atoms with E-state index in [1.165, 1.54) is 6.92 Å². The minimum absolute atomic E-state index is 0.142. The normalized spacial score (nSPS) is 18.1. The number of aliphatic carboxylic acids is 1. The summed E-state index contributed by atoms with van der Waals surface area (Å²) in [6.07, 6.45) is 0.202. The zero-order valence-corrected chi connectivity index (χ0v) is 13.5. The molecular formula is C19H20O5. The molecule has 0 radical (unpaired) electrons. The predicted molar refractivity (Wildman–Crippen MR) is 89.5 cm³/mol. The molecule has 1 fully saturated rings. The van der Waals surface area contributed by atoms with Gasteiger partial charge in [0.1, 0.15) is 17.6 Å². The summed E-state index contributed by atoms with van der Waals surface area (Å²) in [7, 11) is 0. The lowest BCUT2D eigenvalue weighted by atomic mass is 10.1. The van der Waals surface area contributed by atoms with E-state index in [2.05, 4.69) is 0 Å². The lowest BCUT2D eigenvalue weighted by Crippen LogP contribution is -2.22. The van der Waals surface area contributed by atoms with Gasteiger partial charge in [0.05, 0.1) is 13.2 Å². The summed E-state index contributed by atoms with van der Waals surface area (Å²) in [6.45, 7) is 2.92. The number of carboxylic acid groups (broad SMARTS) is 1. The van der Waals surface area contributed by atoms with Gasteiger partial charge in [0, 0.05) is 6.42 Å². The number of benzene rings is 2. The molecule has 2 aromatic rings. The van der Waals surface area contributed by atoms with E-state index >= 15 is 0 Å². The molecule has 24 heavy (non-hydrogen) atoms. The highest BCUT2D eigenvalue weighted by Crippen LogP contribution is 2.26. The maximum atomic E-state index is 10.8. The Balaban J connectivity index is 1.64. The van der Waals surface area contributed by atoms with E-state index in [1.807, 2.05) is 36.4 Å². The van der Waals surface area contributed by atoms with Gasteiger partial charge in [-0.1, -0.05) is 24.3 Å². The molecule has 1 saturated heterocycles. The van der Waals surface area contributed by atoms with Crippen molar-refractivity contribution in [3.05, 3.63) is 48.5 Å². The summed E-state index contributed by atoms with van der Waals surface area (Å²) in [5, 5.41) is 8.86. The van der Waals surface area contributed by atoms with Crippen molar-refractivity contribution in [2.45, 2.75) is 25.6 Å². The first kappa shape index (κ1) is 16.3. The molecular weight excluding hydrogens is 308 g/mol. The molecule has 2 aromatic carbocycles. The molecule has 1 aliphatic heterocycles. The van der Waals surface area contributed by atoms with Crippen LogP contribution in [0.4, 0.5) is 0 Å². The van der Waals surface area contributed by atoms with Crippen molar-refractivity contribution in [3.8, 4) is 22.6 Å². The highest BCUT2D eigenvalue weighted by atomic mass is 16.5. The number of carbonyl (C=O) groups is 1. The van der Waals surface area contributed by atoms with Gasteiger partial charge in [-0.25, -0.2) is 4.79 Å². The average molecular weight is 328 g/mol. The van der Waals surface area contributed by atoms with Gasteiger partial charge in [-0.15, -0.1) is 0 Å². The molecule has 1 aliphatic rings. The molecule has 5 nitrogen and oxygen atoms in total. The number of hydrogen-bond acceptors (Lipinski definition) is 4. The Labute approximate surface area is 140 Å². The fourth-order valence-corrected chi connectivity index (χ4v) is 2.50. The molecule has 126 valence electrons. The monoisotopic (exact) mass is 328 g/mol. The summed E-state index contributed by atoms with van der Waals surface area (Å²) in [5.74, 6) is 0.390. The van der Waals surface area contributed by atoms with Crippen molar-refractivity contribution in [3.63, 3.8) is 0 Å². The van der Waals surface area contributed by atoms with Crippen molar-refractivity contribution in [2.75, 3.05) is 13.2 Å². The first-order valence-corrected chi connectivity index (χ1v) is 7.96. The van der Waals surface area contributed by atoms with Crippen molar-refractivity contribution >= 4 is 5.97 Å². The molecule has 1 N–H and O–H groups in total. The van der Waals surface area contributed by atoms with Gasteiger partial charge < -0.3 is 19.3 Å². The molecule has 3 rings (SSSR count). The van der Waals surface area contributed by atoms with Crippen LogP contribution in [0.25, 0.3) is 11.1 Å². The zero-order valence-electron chi connectivity index (χ0n) is 13.5. The van der Waals surface area contributed by atoms with E-state index in [0.29, 0.717) is 12.4 Å². The minimum atomic E-state index is -0.984. The predicted octanol–water partition coefficient (Wildman–Crippen LogP) is 3.37. The summed E-state index contributed by atoms with van der Waals surface area (Å²) < 4.78 is 16.5. The van der Waals surface area contributed by atoms with Gasteiger partial charge in [-0.05, 0) is 42.3 Å². The van der Waals surface area contributed by atoms with Crippen LogP contribution in [0.2, 0.25) is 0 Å². The third kappa shape index (κ3) is 4.06. The van der Waals surface area contributed by atoms with Crippen LogP contribution < -0.4 is 9.47 Å². The van der Waals surface area contributed by atoms with E-state index in [-0.39, 0.29) is 6.10 Å². The Kier molecular flexibility index (Phi) is 5.01. The quantitative estimate of drug-likeness (QED) is 0.881. The first-order valence-electron chi connectivity index (χ1n) is 7.96. The smallest absolute Gasteiger partial charge is 0.344 e. The van der Waals surface area contributed by atoms with Crippen LogP contribution in [0, 0.1) is 0 Å². The van der Waals surface area contributed by atoms with Gasteiger partial charge in [-0.3, -0.25) is 0 Å². The number of carboxylic acids is 1. The van der Waals surface area contributed by atoms with E-state index in [4.69, 9.17) is 19.3 Å². The Morgan fingerprint density at radius 3 is 2.17 bits per heavy atom. The van der Waals surface area contributed by atoms with Crippen LogP contribution in [-0.4, -0.2) is 36.5 Å². The maximum absolute atomic E-state index is 10.8. The Morgan fingerprint density at radius 2 is 1.67 bits per heavy atom. The third-order valence-electron chi connectivity index (χ3n) is 3.89. The van der Waals surface area contributed by atoms with Crippen molar-refractivity contribution in [1.29, 1.82) is 0 Å². The SMILES string of the molecule is C[C@H](Oc1ccc(-c2ccc(OC3CCOC3)cc2)cc1)C(=O)O. The number of ether oxygens (including phenoxy) is 3. The largest absolute Gasteiger partial charge is 0.488 e. The van der Waals surface area contributed by atoms with Gasteiger partial charge in [0.2, 0.25) is 0 Å². The molecule has 1 unspecified atom stereocenters. The second-order valence-electron chi connectivity index (χ2n) is 5.75. The van der Waals surface area contributed by atoms with E-state index in [9.17, 15) is 4.79 Å². The average Bonchev–Trinajstić information content (AvgIpc) is 3.09. The van der Waals surface area contributed by atoms with Gasteiger partial charge >= 0.3 is 5.97 Å². The van der Waals surface area contributed by atoms with Crippen molar-refractivity contribution in [1.82, 2.24) is 0 Å². The first-order chi connectivity index (χ1) is 11.6. The molecule has 0 amide bonds. The third-order valence-corrected chi connectivity index (χ3v) is 3.89. The Morgan fingerprint density at radius 1 is 1.08 bits per heavy atom. The summed E-state index contributed by atoms with van der Waals surface area (Å²) in [4.78, 5) is 10.8. The minimum Gasteiger partial charge on any atom is -0.488 e. The van der Waals surface area contributed by atoms with Gasteiger partial charge in [-0.2, -0.15) is 0 Å². The van der Waals surface area contributed by atoms with Crippen molar-refractivity contribution < 1.29 is 24.1 Å². The number of hydrogen-bond donors (Lipinski definition) is 1. The fraction of sp³-hybridized carbons (Fsp3) is 0.316.